The van der Waals surface area contributed by atoms with Crippen LogP contribution in [0, 0.1) is 0 Å². The molecule has 88 valence electrons. The van der Waals surface area contributed by atoms with E-state index in [1.165, 1.54) is 0 Å². The Balaban J connectivity index is 2.35. The van der Waals surface area contributed by atoms with Crippen molar-refractivity contribution in [2.24, 2.45) is 0 Å². The van der Waals surface area contributed by atoms with Crippen molar-refractivity contribution in [3.05, 3.63) is 54.4 Å². The quantitative estimate of drug-likeness (QED) is 0.755. The molecule has 1 aromatic carbocycles. The zero-order valence-electron chi connectivity index (χ0n) is 9.61. The summed E-state index contributed by atoms with van der Waals surface area (Å²) in [5.74, 6) is -0.289. The predicted octanol–water partition coefficient (Wildman–Crippen LogP) is 2.04. The van der Waals surface area contributed by atoms with E-state index in [0.717, 1.165) is 5.56 Å². The molecule has 0 radical (unpaired) electrons. The van der Waals surface area contributed by atoms with Crippen LogP contribution in [-0.2, 0) is 9.53 Å². The van der Waals surface area contributed by atoms with Gasteiger partial charge >= 0.3 is 5.97 Å². The van der Waals surface area contributed by atoms with Gasteiger partial charge in [-0.2, -0.15) is 5.10 Å². The first-order chi connectivity index (χ1) is 8.33. The fourth-order valence-electron chi connectivity index (χ4n) is 1.69. The lowest BCUT2D eigenvalue weighted by molar-refractivity contribution is -0.146. The third-order valence-electron chi connectivity index (χ3n) is 2.41. The minimum absolute atomic E-state index is 0.289. The predicted molar refractivity (Wildman–Crippen MR) is 63.4 cm³/mol. The molecule has 1 aromatic heterocycles. The highest BCUT2D eigenvalue weighted by molar-refractivity contribution is 5.77. The molecule has 0 saturated heterocycles. The summed E-state index contributed by atoms with van der Waals surface area (Å²) in [5, 5.41) is 4.11. The van der Waals surface area contributed by atoms with Crippen LogP contribution in [-0.4, -0.2) is 22.4 Å². The maximum atomic E-state index is 12.0. The van der Waals surface area contributed by atoms with Gasteiger partial charge in [-0.25, -0.2) is 4.79 Å². The molecule has 2 rings (SSSR count). The summed E-state index contributed by atoms with van der Waals surface area (Å²) in [7, 11) is 0. The van der Waals surface area contributed by atoms with Gasteiger partial charge in [0.25, 0.3) is 0 Å². The van der Waals surface area contributed by atoms with Gasteiger partial charge in [-0.3, -0.25) is 4.68 Å². The Bertz CT molecular complexity index is 465. The summed E-state index contributed by atoms with van der Waals surface area (Å²) < 4.78 is 6.69. The Labute approximate surface area is 99.8 Å². The van der Waals surface area contributed by atoms with Gasteiger partial charge in [0.2, 0.25) is 0 Å². The zero-order chi connectivity index (χ0) is 12.1. The van der Waals surface area contributed by atoms with Crippen molar-refractivity contribution in [3.63, 3.8) is 0 Å². The molecule has 0 amide bonds. The molecule has 0 aliphatic heterocycles. The van der Waals surface area contributed by atoms with Crippen LogP contribution in [0.3, 0.4) is 0 Å². The molecule has 4 nitrogen and oxygen atoms in total. The third kappa shape index (κ3) is 2.53. The lowest BCUT2D eigenvalue weighted by Crippen LogP contribution is -2.23. The fraction of sp³-hybridized carbons (Fsp3) is 0.231. The summed E-state index contributed by atoms with van der Waals surface area (Å²) in [6.07, 6.45) is 3.41. The van der Waals surface area contributed by atoms with Crippen LogP contribution in [0.15, 0.2) is 48.8 Å². The second-order valence-corrected chi connectivity index (χ2v) is 3.55. The molecule has 1 atom stereocenters. The van der Waals surface area contributed by atoms with E-state index >= 15 is 0 Å². The molecular weight excluding hydrogens is 216 g/mol. The number of nitrogens with zero attached hydrogens (tertiary/aromatic N) is 2. The lowest BCUT2D eigenvalue weighted by Gasteiger charge is -2.16. The molecule has 17 heavy (non-hydrogen) atoms. The number of benzene rings is 1. The van der Waals surface area contributed by atoms with Crippen LogP contribution in [0.25, 0.3) is 0 Å². The highest BCUT2D eigenvalue weighted by Gasteiger charge is 2.23. The summed E-state index contributed by atoms with van der Waals surface area (Å²) in [5.41, 5.74) is 0.870. The number of aromatic nitrogens is 2. The fourth-order valence-corrected chi connectivity index (χ4v) is 1.69. The Morgan fingerprint density at radius 3 is 2.71 bits per heavy atom. The smallest absolute Gasteiger partial charge is 0.335 e. The standard InChI is InChI=1S/C13H14N2O2/c1-2-17-13(16)12(15-10-6-9-14-15)11-7-4-3-5-8-11/h3-10,12H,2H2,1H3. The van der Waals surface area contributed by atoms with Crippen LogP contribution in [0.4, 0.5) is 0 Å². The van der Waals surface area contributed by atoms with Crippen molar-refractivity contribution in [1.29, 1.82) is 0 Å². The number of hydrogen-bond acceptors (Lipinski definition) is 3. The lowest BCUT2D eigenvalue weighted by atomic mass is 10.1. The van der Waals surface area contributed by atoms with Crippen LogP contribution >= 0.6 is 0 Å². The van der Waals surface area contributed by atoms with Crippen LogP contribution in [0.2, 0.25) is 0 Å². The summed E-state index contributed by atoms with van der Waals surface area (Å²) in [6.45, 7) is 2.16. The van der Waals surface area contributed by atoms with Gasteiger partial charge in [-0.05, 0) is 18.6 Å². The van der Waals surface area contributed by atoms with E-state index in [0.29, 0.717) is 6.61 Å². The molecule has 2 aromatic rings. The largest absolute Gasteiger partial charge is 0.464 e. The minimum atomic E-state index is -0.508. The summed E-state index contributed by atoms with van der Waals surface area (Å²) in [6, 6.07) is 10.8. The van der Waals surface area contributed by atoms with Gasteiger partial charge in [0.15, 0.2) is 6.04 Å². The number of hydrogen-bond donors (Lipinski definition) is 0. The molecule has 0 saturated carbocycles. The number of carbonyl (C=O) groups excluding carboxylic acids is 1. The Morgan fingerprint density at radius 1 is 1.35 bits per heavy atom. The molecular formula is C13H14N2O2. The highest BCUT2D eigenvalue weighted by Crippen LogP contribution is 2.18. The number of ether oxygens (including phenoxy) is 1. The molecule has 0 spiro atoms. The molecule has 0 fully saturated rings. The normalized spacial score (nSPS) is 12.1. The first-order valence-corrected chi connectivity index (χ1v) is 5.53. The number of carbonyl (C=O) groups is 1. The van der Waals surface area contributed by atoms with Crippen molar-refractivity contribution < 1.29 is 9.53 Å². The van der Waals surface area contributed by atoms with Crippen molar-refractivity contribution in [2.45, 2.75) is 13.0 Å². The Morgan fingerprint density at radius 2 is 2.12 bits per heavy atom. The van der Waals surface area contributed by atoms with Crippen LogP contribution in [0.1, 0.15) is 18.5 Å². The van der Waals surface area contributed by atoms with Crippen molar-refractivity contribution >= 4 is 5.97 Å². The molecule has 1 unspecified atom stereocenters. The Hall–Kier alpha value is -2.10. The summed E-state index contributed by atoms with van der Waals surface area (Å²) in [4.78, 5) is 12.0. The average molecular weight is 230 g/mol. The van der Waals surface area contributed by atoms with E-state index in [1.54, 1.807) is 30.1 Å². The first kappa shape index (κ1) is 11.4. The second-order valence-electron chi connectivity index (χ2n) is 3.55. The van der Waals surface area contributed by atoms with E-state index in [9.17, 15) is 4.79 Å². The average Bonchev–Trinajstić information content (AvgIpc) is 2.85. The third-order valence-corrected chi connectivity index (χ3v) is 2.41. The molecule has 0 N–H and O–H groups in total. The molecule has 0 bridgehead atoms. The van der Waals surface area contributed by atoms with E-state index in [4.69, 9.17) is 4.74 Å². The van der Waals surface area contributed by atoms with Crippen molar-refractivity contribution in [3.8, 4) is 0 Å². The maximum Gasteiger partial charge on any atom is 0.335 e. The first-order valence-electron chi connectivity index (χ1n) is 5.53. The molecule has 0 aliphatic rings. The van der Waals surface area contributed by atoms with Crippen LogP contribution in [0.5, 0.6) is 0 Å². The topological polar surface area (TPSA) is 44.1 Å². The highest BCUT2D eigenvalue weighted by atomic mass is 16.5. The zero-order valence-corrected chi connectivity index (χ0v) is 9.61. The van der Waals surface area contributed by atoms with Crippen molar-refractivity contribution in [1.82, 2.24) is 9.78 Å². The van der Waals surface area contributed by atoms with Gasteiger partial charge < -0.3 is 4.74 Å². The van der Waals surface area contributed by atoms with Crippen LogP contribution < -0.4 is 0 Å². The Kier molecular flexibility index (Phi) is 3.55. The number of rotatable bonds is 4. The van der Waals surface area contributed by atoms with Crippen molar-refractivity contribution in [2.75, 3.05) is 6.61 Å². The summed E-state index contributed by atoms with van der Waals surface area (Å²) >= 11 is 0. The molecule has 4 heteroatoms. The van der Waals surface area contributed by atoms with Gasteiger partial charge in [-0.15, -0.1) is 0 Å². The minimum Gasteiger partial charge on any atom is -0.464 e. The maximum absolute atomic E-state index is 12.0. The van der Waals surface area contributed by atoms with E-state index in [1.807, 2.05) is 30.3 Å². The van der Waals surface area contributed by atoms with Gasteiger partial charge in [0.05, 0.1) is 6.61 Å². The van der Waals surface area contributed by atoms with E-state index in [2.05, 4.69) is 5.10 Å². The van der Waals surface area contributed by atoms with Gasteiger partial charge in [0.1, 0.15) is 0 Å². The van der Waals surface area contributed by atoms with Gasteiger partial charge in [-0.1, -0.05) is 30.3 Å². The SMILES string of the molecule is CCOC(=O)C(c1ccccc1)n1cccn1. The monoisotopic (exact) mass is 230 g/mol. The number of esters is 1. The van der Waals surface area contributed by atoms with E-state index < -0.39 is 6.04 Å². The van der Waals surface area contributed by atoms with Gasteiger partial charge in [0, 0.05) is 12.4 Å². The molecule has 0 aliphatic carbocycles. The second kappa shape index (κ2) is 5.30. The molecule has 1 heterocycles. The van der Waals surface area contributed by atoms with E-state index in [-0.39, 0.29) is 5.97 Å².